The van der Waals surface area contributed by atoms with Gasteiger partial charge < -0.3 is 15.4 Å². The summed E-state index contributed by atoms with van der Waals surface area (Å²) in [5, 5.41) is 6.29. The minimum atomic E-state index is -3.82. The number of pyridine rings is 1. The van der Waals surface area contributed by atoms with E-state index >= 15 is 0 Å². The van der Waals surface area contributed by atoms with Crippen LogP contribution in [0.4, 0.5) is 10.5 Å². The molecule has 0 unspecified atom stereocenters. The monoisotopic (exact) mass is 576 g/mol. The summed E-state index contributed by atoms with van der Waals surface area (Å²) < 4.78 is 33.1. The highest BCUT2D eigenvalue weighted by Crippen LogP contribution is 2.33. The van der Waals surface area contributed by atoms with E-state index in [1.54, 1.807) is 69.4 Å². The molecular formula is C31H36N4O5S. The van der Waals surface area contributed by atoms with E-state index in [9.17, 15) is 18.0 Å². The van der Waals surface area contributed by atoms with Gasteiger partial charge in [-0.1, -0.05) is 38.1 Å². The molecule has 4 aromatic rings. The van der Waals surface area contributed by atoms with E-state index < -0.39 is 27.8 Å². The van der Waals surface area contributed by atoms with Crippen LogP contribution in [-0.2, 0) is 19.6 Å². The number of carbonyl (C=O) groups excluding carboxylic acids is 2. The molecule has 0 aliphatic heterocycles. The second kappa shape index (κ2) is 11.7. The number of nitrogens with zero attached hydrogens (tertiary/aromatic N) is 2. The maximum absolute atomic E-state index is 13.3. The molecule has 4 rings (SSSR count). The largest absolute Gasteiger partial charge is 0.444 e. The minimum Gasteiger partial charge on any atom is -0.444 e. The van der Waals surface area contributed by atoms with Crippen LogP contribution in [0, 0.1) is 12.8 Å². The lowest BCUT2D eigenvalue weighted by Crippen LogP contribution is -2.46. The number of amides is 2. The first-order valence-corrected chi connectivity index (χ1v) is 14.9. The Hall–Kier alpha value is -4.18. The number of nitrogens with one attached hydrogen (secondary N) is 2. The van der Waals surface area contributed by atoms with Crippen LogP contribution in [0.25, 0.3) is 22.2 Å². The molecule has 2 N–H and O–H groups in total. The first-order chi connectivity index (χ1) is 19.3. The Morgan fingerprint density at radius 2 is 1.71 bits per heavy atom. The van der Waals surface area contributed by atoms with Crippen molar-refractivity contribution in [2.75, 3.05) is 5.32 Å². The number of anilines is 1. The van der Waals surface area contributed by atoms with Gasteiger partial charge in [0.2, 0.25) is 5.91 Å². The van der Waals surface area contributed by atoms with Gasteiger partial charge in [-0.05, 0) is 93.1 Å². The number of fused-ring (bicyclic) bond motifs is 1. The number of carbonyl (C=O) groups is 2. The minimum absolute atomic E-state index is 0.164. The second-order valence-electron chi connectivity index (χ2n) is 11.4. The highest BCUT2D eigenvalue weighted by Gasteiger charge is 2.26. The molecule has 0 spiro atoms. The third-order valence-electron chi connectivity index (χ3n) is 6.35. The average Bonchev–Trinajstić information content (AvgIpc) is 3.33. The molecule has 0 saturated carbocycles. The molecule has 1 atom stereocenters. The molecule has 10 heteroatoms. The van der Waals surface area contributed by atoms with Gasteiger partial charge in [-0.2, -0.15) is 0 Å². The fraction of sp³-hybridized carbons (Fsp3) is 0.323. The number of rotatable bonds is 8. The molecule has 41 heavy (non-hydrogen) atoms. The third kappa shape index (κ3) is 6.94. The van der Waals surface area contributed by atoms with Crippen LogP contribution in [-0.4, -0.2) is 41.0 Å². The van der Waals surface area contributed by atoms with E-state index in [4.69, 9.17) is 4.74 Å². The Morgan fingerprint density at radius 3 is 2.34 bits per heavy atom. The summed E-state index contributed by atoms with van der Waals surface area (Å²) in [6.45, 7) is 11.2. The predicted octanol–water partition coefficient (Wildman–Crippen LogP) is 6.13. The average molecular weight is 577 g/mol. The summed E-state index contributed by atoms with van der Waals surface area (Å²) in [7, 11) is -3.82. The molecular weight excluding hydrogens is 540 g/mol. The standard InChI is InChI=1S/C31H36N4O5S/c1-20(2)18-27(34-30(37)40-31(4,5)6)29(36)33-22-12-13-24(21(3)19-22)25-14-16-32-28-26(25)15-17-35(28)41(38,39)23-10-8-7-9-11-23/h7-17,19-20,27H,18H2,1-6H3,(H,33,36)(H,34,37)/t27-/m1/s1. The molecule has 0 fully saturated rings. The van der Waals surface area contributed by atoms with Crippen molar-refractivity contribution >= 4 is 38.7 Å². The second-order valence-corrected chi connectivity index (χ2v) is 13.2. The van der Waals surface area contributed by atoms with Crippen LogP contribution in [0.3, 0.4) is 0 Å². The lowest BCUT2D eigenvalue weighted by Gasteiger charge is -2.24. The number of ether oxygens (including phenoxy) is 1. The van der Waals surface area contributed by atoms with Gasteiger partial charge in [0.05, 0.1) is 4.90 Å². The quantitative estimate of drug-likeness (QED) is 0.261. The summed E-state index contributed by atoms with van der Waals surface area (Å²) in [4.78, 5) is 30.1. The zero-order valence-corrected chi connectivity index (χ0v) is 25.0. The summed E-state index contributed by atoms with van der Waals surface area (Å²) in [5.41, 5.74) is 2.78. The molecule has 2 heterocycles. The van der Waals surface area contributed by atoms with Gasteiger partial charge in [0.1, 0.15) is 11.6 Å². The number of alkyl carbamates (subject to hydrolysis) is 1. The normalized spacial score (nSPS) is 12.8. The van der Waals surface area contributed by atoms with Gasteiger partial charge in [-0.3, -0.25) is 4.79 Å². The molecule has 2 amide bonds. The number of aryl methyl sites for hydroxylation is 1. The molecule has 2 aromatic carbocycles. The highest BCUT2D eigenvalue weighted by atomic mass is 32.2. The molecule has 0 radical (unpaired) electrons. The molecule has 216 valence electrons. The fourth-order valence-corrected chi connectivity index (χ4v) is 5.90. The summed E-state index contributed by atoms with van der Waals surface area (Å²) in [6.07, 6.45) is 2.90. The smallest absolute Gasteiger partial charge is 0.408 e. The summed E-state index contributed by atoms with van der Waals surface area (Å²) >= 11 is 0. The first kappa shape index (κ1) is 29.8. The van der Waals surface area contributed by atoms with Crippen LogP contribution in [0.2, 0.25) is 0 Å². The van der Waals surface area contributed by atoms with Gasteiger partial charge in [0, 0.05) is 23.5 Å². The van der Waals surface area contributed by atoms with E-state index in [1.165, 1.54) is 10.2 Å². The topological polar surface area (TPSA) is 119 Å². The highest BCUT2D eigenvalue weighted by molar-refractivity contribution is 7.90. The van der Waals surface area contributed by atoms with Crippen LogP contribution >= 0.6 is 0 Å². The van der Waals surface area contributed by atoms with Crippen LogP contribution < -0.4 is 10.6 Å². The van der Waals surface area contributed by atoms with Gasteiger partial charge >= 0.3 is 6.09 Å². The Kier molecular flexibility index (Phi) is 8.53. The van der Waals surface area contributed by atoms with Crippen molar-refractivity contribution in [3.05, 3.63) is 78.6 Å². The summed E-state index contributed by atoms with van der Waals surface area (Å²) in [5.74, 6) is -0.178. The Bertz CT molecular complexity index is 1670. The number of hydrogen-bond donors (Lipinski definition) is 2. The number of aromatic nitrogens is 2. The van der Waals surface area contributed by atoms with Gasteiger partial charge in [-0.25, -0.2) is 22.2 Å². The fourth-order valence-electron chi connectivity index (χ4n) is 4.58. The van der Waals surface area contributed by atoms with Crippen molar-refractivity contribution in [1.29, 1.82) is 0 Å². The molecule has 0 saturated heterocycles. The maximum atomic E-state index is 13.3. The van der Waals surface area contributed by atoms with E-state index in [0.717, 1.165) is 16.7 Å². The Morgan fingerprint density at radius 1 is 1.00 bits per heavy atom. The lowest BCUT2D eigenvalue weighted by molar-refractivity contribution is -0.118. The lowest BCUT2D eigenvalue weighted by atomic mass is 9.98. The molecule has 0 aliphatic rings. The molecule has 2 aromatic heterocycles. The van der Waals surface area contributed by atoms with Crippen molar-refractivity contribution in [1.82, 2.24) is 14.3 Å². The Labute approximate surface area is 241 Å². The van der Waals surface area contributed by atoms with Crippen LogP contribution in [0.1, 0.15) is 46.6 Å². The van der Waals surface area contributed by atoms with E-state index in [1.807, 2.05) is 39.0 Å². The van der Waals surface area contributed by atoms with Crippen LogP contribution in [0.15, 0.2) is 78.0 Å². The molecule has 9 nitrogen and oxygen atoms in total. The van der Waals surface area contributed by atoms with Gasteiger partial charge in [0.25, 0.3) is 10.0 Å². The van der Waals surface area contributed by atoms with Gasteiger partial charge in [0.15, 0.2) is 5.65 Å². The zero-order valence-electron chi connectivity index (χ0n) is 24.1. The van der Waals surface area contributed by atoms with Crippen molar-refractivity contribution in [2.45, 2.75) is 64.5 Å². The van der Waals surface area contributed by atoms with E-state index in [-0.39, 0.29) is 16.7 Å². The van der Waals surface area contributed by atoms with Crippen molar-refractivity contribution < 1.29 is 22.7 Å². The van der Waals surface area contributed by atoms with Crippen molar-refractivity contribution in [3.63, 3.8) is 0 Å². The van der Waals surface area contributed by atoms with Crippen molar-refractivity contribution in [3.8, 4) is 11.1 Å². The maximum Gasteiger partial charge on any atom is 0.408 e. The zero-order chi connectivity index (χ0) is 29.9. The summed E-state index contributed by atoms with van der Waals surface area (Å²) in [6, 6.07) is 16.5. The van der Waals surface area contributed by atoms with Crippen molar-refractivity contribution in [2.24, 2.45) is 5.92 Å². The number of hydrogen-bond acceptors (Lipinski definition) is 6. The Balaban J connectivity index is 1.60. The van der Waals surface area contributed by atoms with E-state index in [2.05, 4.69) is 15.6 Å². The predicted molar refractivity (Wildman–Crippen MR) is 160 cm³/mol. The van der Waals surface area contributed by atoms with E-state index in [0.29, 0.717) is 23.1 Å². The molecule has 0 bridgehead atoms. The number of benzene rings is 2. The first-order valence-electron chi connectivity index (χ1n) is 13.4. The van der Waals surface area contributed by atoms with Crippen LogP contribution in [0.5, 0.6) is 0 Å². The van der Waals surface area contributed by atoms with Gasteiger partial charge in [-0.15, -0.1) is 0 Å². The third-order valence-corrected chi connectivity index (χ3v) is 8.03. The SMILES string of the molecule is Cc1cc(NC(=O)[C@@H](CC(C)C)NC(=O)OC(C)(C)C)ccc1-c1ccnc2c1ccn2S(=O)(=O)c1ccccc1. The molecule has 0 aliphatic carbocycles.